The Hall–Kier alpha value is -1.37. The number of rotatable bonds is 2. The van der Waals surface area contributed by atoms with E-state index in [2.05, 4.69) is 10.4 Å². The van der Waals surface area contributed by atoms with Crippen LogP contribution in [0.2, 0.25) is 0 Å². The Kier molecular flexibility index (Phi) is 2.73. The predicted octanol–water partition coefficient (Wildman–Crippen LogP) is 0.851. The first-order valence-electron chi connectivity index (χ1n) is 5.38. The summed E-state index contributed by atoms with van der Waals surface area (Å²) < 4.78 is 24.7. The summed E-state index contributed by atoms with van der Waals surface area (Å²) in [6, 6.07) is 0.0742. The molecule has 1 aliphatic heterocycles. The molecule has 1 amide bonds. The molecule has 0 aliphatic carbocycles. The maximum absolute atomic E-state index is 11.5. The molecule has 6 nitrogen and oxygen atoms in total. The van der Waals surface area contributed by atoms with Gasteiger partial charge in [0.1, 0.15) is 5.82 Å². The second-order valence-corrected chi connectivity index (χ2v) is 6.59. The van der Waals surface area contributed by atoms with Gasteiger partial charge >= 0.3 is 0 Å². The Morgan fingerprint density at radius 3 is 2.59 bits per heavy atom. The summed E-state index contributed by atoms with van der Waals surface area (Å²) in [6.07, 6.45) is 0. The van der Waals surface area contributed by atoms with Crippen molar-refractivity contribution in [2.45, 2.75) is 38.3 Å². The largest absolute Gasteiger partial charge is 0.311 e. The highest BCUT2D eigenvalue weighted by Crippen LogP contribution is 2.32. The summed E-state index contributed by atoms with van der Waals surface area (Å²) in [5, 5.41) is 6.93. The lowest BCUT2D eigenvalue weighted by molar-refractivity contribution is -0.114. The van der Waals surface area contributed by atoms with Gasteiger partial charge in [-0.2, -0.15) is 5.10 Å². The third-order valence-electron chi connectivity index (χ3n) is 2.60. The van der Waals surface area contributed by atoms with Crippen molar-refractivity contribution in [1.82, 2.24) is 9.78 Å². The predicted molar refractivity (Wildman–Crippen MR) is 63.2 cm³/mol. The van der Waals surface area contributed by atoms with E-state index in [1.165, 1.54) is 6.92 Å². The zero-order valence-corrected chi connectivity index (χ0v) is 10.8. The molecule has 7 heteroatoms. The molecule has 0 spiro atoms. The minimum absolute atomic E-state index is 0.0331. The lowest BCUT2D eigenvalue weighted by Gasteiger charge is -2.12. The first kappa shape index (κ1) is 12.1. The zero-order valence-electron chi connectivity index (χ0n) is 10.0. The van der Waals surface area contributed by atoms with Gasteiger partial charge in [0.05, 0.1) is 17.2 Å². The smallest absolute Gasteiger partial charge is 0.222 e. The molecule has 2 heterocycles. The number of sulfone groups is 1. The van der Waals surface area contributed by atoms with Crippen LogP contribution in [0.15, 0.2) is 0 Å². The highest BCUT2D eigenvalue weighted by Gasteiger charge is 2.32. The number of nitrogens with zero attached hydrogens (tertiary/aromatic N) is 2. The van der Waals surface area contributed by atoms with Crippen molar-refractivity contribution >= 4 is 21.6 Å². The van der Waals surface area contributed by atoms with Crippen LogP contribution in [0.4, 0.5) is 5.82 Å². The SMILES string of the molecule is CC(=O)Nc1c2c(nn1C(C)C)CS(=O)(=O)C2. The van der Waals surface area contributed by atoms with E-state index in [-0.39, 0.29) is 23.5 Å². The number of fused-ring (bicyclic) bond motifs is 1. The quantitative estimate of drug-likeness (QED) is 0.851. The van der Waals surface area contributed by atoms with Crippen molar-refractivity contribution in [2.75, 3.05) is 5.32 Å². The molecule has 0 aromatic carbocycles. The molecule has 0 saturated heterocycles. The van der Waals surface area contributed by atoms with Gasteiger partial charge in [-0.3, -0.25) is 4.79 Å². The Morgan fingerprint density at radius 2 is 2.06 bits per heavy atom. The Balaban J connectivity index is 2.51. The summed E-state index contributed by atoms with van der Waals surface area (Å²) in [6.45, 7) is 5.26. The highest BCUT2D eigenvalue weighted by molar-refractivity contribution is 7.90. The average molecular weight is 257 g/mol. The Bertz CT molecular complexity index is 572. The van der Waals surface area contributed by atoms with E-state index in [0.29, 0.717) is 17.1 Å². The zero-order chi connectivity index (χ0) is 12.8. The Morgan fingerprint density at radius 1 is 1.41 bits per heavy atom. The van der Waals surface area contributed by atoms with Crippen molar-refractivity contribution in [3.8, 4) is 0 Å². The molecular weight excluding hydrogens is 242 g/mol. The maximum atomic E-state index is 11.5. The third kappa shape index (κ3) is 2.19. The van der Waals surface area contributed by atoms with Crippen LogP contribution in [0, 0.1) is 0 Å². The van der Waals surface area contributed by atoms with Crippen molar-refractivity contribution in [3.63, 3.8) is 0 Å². The summed E-state index contributed by atoms with van der Waals surface area (Å²) in [5.41, 5.74) is 1.19. The van der Waals surface area contributed by atoms with Crippen molar-refractivity contribution in [1.29, 1.82) is 0 Å². The molecule has 0 fully saturated rings. The van der Waals surface area contributed by atoms with E-state index >= 15 is 0 Å². The fraction of sp³-hybridized carbons (Fsp3) is 0.600. The topological polar surface area (TPSA) is 81.1 Å². The molecule has 17 heavy (non-hydrogen) atoms. The summed E-state index contributed by atoms with van der Waals surface area (Å²) in [5.74, 6) is 0.224. The van der Waals surface area contributed by atoms with Crippen LogP contribution in [0.3, 0.4) is 0 Å². The van der Waals surface area contributed by atoms with Gasteiger partial charge in [-0.15, -0.1) is 0 Å². The fourth-order valence-corrected chi connectivity index (χ4v) is 3.43. The standard InChI is InChI=1S/C10H15N3O3S/c1-6(2)13-10(11-7(3)14)8-4-17(15,16)5-9(8)12-13/h6H,4-5H2,1-3H3,(H,11,14). The summed E-state index contributed by atoms with van der Waals surface area (Å²) >= 11 is 0. The highest BCUT2D eigenvalue weighted by atomic mass is 32.2. The number of hydrogen-bond acceptors (Lipinski definition) is 4. The number of amides is 1. The first-order chi connectivity index (χ1) is 7.80. The molecule has 1 aliphatic rings. The maximum Gasteiger partial charge on any atom is 0.222 e. The van der Waals surface area contributed by atoms with E-state index in [1.54, 1.807) is 4.68 Å². The first-order valence-corrected chi connectivity index (χ1v) is 7.20. The number of nitrogens with one attached hydrogen (secondary N) is 1. The Labute approximate surface area is 99.9 Å². The molecule has 2 rings (SSSR count). The minimum atomic E-state index is -3.09. The average Bonchev–Trinajstić information content (AvgIpc) is 2.59. The van der Waals surface area contributed by atoms with E-state index in [4.69, 9.17) is 0 Å². The molecule has 1 aromatic rings. The van der Waals surface area contributed by atoms with Gasteiger partial charge in [0.25, 0.3) is 0 Å². The molecule has 1 N–H and O–H groups in total. The molecule has 0 unspecified atom stereocenters. The molecule has 0 bridgehead atoms. The van der Waals surface area contributed by atoms with Gasteiger partial charge in [0.2, 0.25) is 5.91 Å². The lowest BCUT2D eigenvalue weighted by Crippen LogP contribution is -2.15. The number of carbonyl (C=O) groups excluding carboxylic acids is 1. The molecule has 0 radical (unpaired) electrons. The van der Waals surface area contributed by atoms with Gasteiger partial charge in [0, 0.05) is 18.5 Å². The van der Waals surface area contributed by atoms with Crippen LogP contribution < -0.4 is 5.32 Å². The molecule has 94 valence electrons. The van der Waals surface area contributed by atoms with Crippen LogP contribution in [-0.2, 0) is 26.1 Å². The number of carbonyl (C=O) groups is 1. The van der Waals surface area contributed by atoms with Crippen LogP contribution in [-0.4, -0.2) is 24.1 Å². The van der Waals surface area contributed by atoms with Gasteiger partial charge in [0.15, 0.2) is 9.84 Å². The van der Waals surface area contributed by atoms with Gasteiger partial charge < -0.3 is 5.32 Å². The second kappa shape index (κ2) is 3.83. The van der Waals surface area contributed by atoms with Crippen LogP contribution >= 0.6 is 0 Å². The van der Waals surface area contributed by atoms with Gasteiger partial charge in [-0.25, -0.2) is 13.1 Å². The van der Waals surface area contributed by atoms with Gasteiger partial charge in [-0.1, -0.05) is 0 Å². The molecule has 1 aromatic heterocycles. The van der Waals surface area contributed by atoms with E-state index in [1.807, 2.05) is 13.8 Å². The van der Waals surface area contributed by atoms with Crippen LogP contribution in [0.5, 0.6) is 0 Å². The molecular formula is C10H15N3O3S. The minimum Gasteiger partial charge on any atom is -0.311 e. The normalized spacial score (nSPS) is 17.2. The van der Waals surface area contributed by atoms with E-state index in [9.17, 15) is 13.2 Å². The fourth-order valence-electron chi connectivity index (χ4n) is 1.94. The lowest BCUT2D eigenvalue weighted by atomic mass is 10.2. The van der Waals surface area contributed by atoms with E-state index in [0.717, 1.165) is 0 Å². The van der Waals surface area contributed by atoms with Crippen LogP contribution in [0.1, 0.15) is 38.1 Å². The monoisotopic (exact) mass is 257 g/mol. The van der Waals surface area contributed by atoms with Crippen molar-refractivity contribution < 1.29 is 13.2 Å². The number of anilines is 1. The van der Waals surface area contributed by atoms with Crippen molar-refractivity contribution in [2.24, 2.45) is 0 Å². The van der Waals surface area contributed by atoms with Gasteiger partial charge in [-0.05, 0) is 13.8 Å². The summed E-state index contributed by atoms with van der Waals surface area (Å²) in [4.78, 5) is 11.1. The second-order valence-electron chi connectivity index (χ2n) is 4.53. The molecule has 0 atom stereocenters. The molecule has 0 saturated carbocycles. The van der Waals surface area contributed by atoms with Crippen molar-refractivity contribution in [3.05, 3.63) is 11.3 Å². The number of hydrogen-bond donors (Lipinski definition) is 1. The number of aromatic nitrogens is 2. The van der Waals surface area contributed by atoms with E-state index < -0.39 is 9.84 Å². The summed E-state index contributed by atoms with van der Waals surface area (Å²) in [7, 11) is -3.09. The van der Waals surface area contributed by atoms with Crippen LogP contribution in [0.25, 0.3) is 0 Å². The third-order valence-corrected chi connectivity index (χ3v) is 4.04.